The summed E-state index contributed by atoms with van der Waals surface area (Å²) in [7, 11) is 1.60. The lowest BCUT2D eigenvalue weighted by Crippen LogP contribution is -1.98. The van der Waals surface area contributed by atoms with Gasteiger partial charge >= 0.3 is 0 Å². The number of rotatable bonds is 7. The summed E-state index contributed by atoms with van der Waals surface area (Å²) in [5, 5.41) is 9.05. The molecule has 3 aromatic carbocycles. The van der Waals surface area contributed by atoms with Crippen LogP contribution in [0.15, 0.2) is 70.5 Å². The smallest absolute Gasteiger partial charge is 0.161 e. The van der Waals surface area contributed by atoms with E-state index in [1.54, 1.807) is 7.11 Å². The van der Waals surface area contributed by atoms with Crippen molar-refractivity contribution in [1.82, 2.24) is 0 Å². The van der Waals surface area contributed by atoms with Crippen molar-refractivity contribution < 1.29 is 13.9 Å². The van der Waals surface area contributed by atoms with Crippen LogP contribution in [0.2, 0.25) is 0 Å². The number of aryl methyl sites for hydroxylation is 1. The third kappa shape index (κ3) is 4.85. The normalized spacial score (nSPS) is 10.4. The van der Waals surface area contributed by atoms with Gasteiger partial charge in [-0.1, -0.05) is 42.1 Å². The van der Waals surface area contributed by atoms with E-state index >= 15 is 0 Å². The molecule has 3 nitrogen and oxygen atoms in total. The molecule has 0 radical (unpaired) electrons. The zero-order valence-corrected chi connectivity index (χ0v) is 16.6. The predicted molar refractivity (Wildman–Crippen MR) is 108 cm³/mol. The number of benzene rings is 3. The van der Waals surface area contributed by atoms with Crippen molar-refractivity contribution in [2.24, 2.45) is 0 Å². The molecule has 0 aromatic heterocycles. The number of ether oxygens (including phenoxy) is 2. The topological polar surface area (TPSA) is 42.2 Å². The fourth-order valence-electron chi connectivity index (χ4n) is 2.85. The van der Waals surface area contributed by atoms with Crippen LogP contribution in [0, 0.1) is 24.1 Å². The van der Waals surface area contributed by atoms with Crippen molar-refractivity contribution in [2.45, 2.75) is 29.7 Å². The van der Waals surface area contributed by atoms with E-state index in [-0.39, 0.29) is 12.2 Å². The van der Waals surface area contributed by atoms with E-state index in [0.29, 0.717) is 23.7 Å². The predicted octanol–water partition coefficient (Wildman–Crippen LogP) is 5.94. The lowest BCUT2D eigenvalue weighted by atomic mass is 10.1. The number of methoxy groups -OCH3 is 1. The zero-order valence-electron chi connectivity index (χ0n) is 15.7. The molecule has 0 saturated carbocycles. The second-order valence-corrected chi connectivity index (χ2v) is 7.32. The van der Waals surface area contributed by atoms with Crippen LogP contribution >= 0.6 is 11.8 Å². The molecule has 0 aliphatic heterocycles. The van der Waals surface area contributed by atoms with E-state index in [1.807, 2.05) is 55.5 Å². The van der Waals surface area contributed by atoms with E-state index in [2.05, 4.69) is 6.07 Å². The van der Waals surface area contributed by atoms with Crippen molar-refractivity contribution in [3.05, 3.63) is 83.2 Å². The maximum Gasteiger partial charge on any atom is 0.161 e. The first-order valence-corrected chi connectivity index (χ1v) is 9.61. The minimum atomic E-state index is -0.325. The highest BCUT2D eigenvalue weighted by molar-refractivity contribution is 7.99. The molecular formula is C23H20FNO2S. The Hall–Kier alpha value is -2.97. The van der Waals surface area contributed by atoms with Gasteiger partial charge in [-0.25, -0.2) is 4.39 Å². The number of nitriles is 1. The van der Waals surface area contributed by atoms with E-state index in [9.17, 15) is 4.39 Å². The molecule has 3 aromatic rings. The minimum Gasteiger partial charge on any atom is -0.493 e. The fourth-order valence-corrected chi connectivity index (χ4v) is 3.87. The molecule has 0 unspecified atom stereocenters. The Bertz CT molecular complexity index is 999. The van der Waals surface area contributed by atoms with Crippen LogP contribution in [-0.2, 0) is 13.0 Å². The monoisotopic (exact) mass is 393 g/mol. The van der Waals surface area contributed by atoms with Gasteiger partial charge in [0.1, 0.15) is 12.4 Å². The van der Waals surface area contributed by atoms with E-state index in [4.69, 9.17) is 14.7 Å². The van der Waals surface area contributed by atoms with Crippen LogP contribution in [0.1, 0.15) is 16.7 Å². The van der Waals surface area contributed by atoms with Crippen LogP contribution in [0.5, 0.6) is 11.5 Å². The average molecular weight is 393 g/mol. The zero-order chi connectivity index (χ0) is 19.9. The first kappa shape index (κ1) is 19.8. The Morgan fingerprint density at radius 1 is 1.04 bits per heavy atom. The van der Waals surface area contributed by atoms with E-state index < -0.39 is 0 Å². The van der Waals surface area contributed by atoms with Crippen LogP contribution in [0.4, 0.5) is 4.39 Å². The molecule has 142 valence electrons. The van der Waals surface area contributed by atoms with Crippen LogP contribution in [0.25, 0.3) is 0 Å². The third-order valence-corrected chi connectivity index (χ3v) is 5.46. The Balaban J connectivity index is 1.82. The molecule has 0 atom stereocenters. The van der Waals surface area contributed by atoms with Crippen LogP contribution in [-0.4, -0.2) is 7.11 Å². The Labute approximate surface area is 168 Å². The number of hydrogen-bond acceptors (Lipinski definition) is 4. The van der Waals surface area contributed by atoms with Crippen molar-refractivity contribution in [2.75, 3.05) is 7.11 Å². The summed E-state index contributed by atoms with van der Waals surface area (Å²) in [5.74, 6) is 0.959. The molecule has 0 N–H and O–H groups in total. The van der Waals surface area contributed by atoms with Gasteiger partial charge in [0.05, 0.1) is 19.6 Å². The van der Waals surface area contributed by atoms with Gasteiger partial charge in [0, 0.05) is 9.79 Å². The van der Waals surface area contributed by atoms with Gasteiger partial charge in [0.2, 0.25) is 0 Å². The highest BCUT2D eigenvalue weighted by atomic mass is 32.2. The molecule has 0 spiro atoms. The summed E-state index contributed by atoms with van der Waals surface area (Å²) >= 11 is 1.49. The lowest BCUT2D eigenvalue weighted by Gasteiger charge is -2.14. The Morgan fingerprint density at radius 2 is 1.82 bits per heavy atom. The summed E-state index contributed by atoms with van der Waals surface area (Å²) in [6.07, 6.45) is 0.163. The molecule has 5 heteroatoms. The summed E-state index contributed by atoms with van der Waals surface area (Å²) in [6.45, 7) is 2.30. The number of nitrogens with zero attached hydrogens (tertiary/aromatic N) is 1. The quantitative estimate of drug-likeness (QED) is 0.498. The summed E-state index contributed by atoms with van der Waals surface area (Å²) in [6, 6.07) is 20.6. The fraction of sp³-hybridized carbons (Fsp3) is 0.174. The first-order valence-electron chi connectivity index (χ1n) is 8.79. The maximum atomic E-state index is 13.7. The molecule has 0 heterocycles. The van der Waals surface area contributed by atoms with Gasteiger partial charge in [0.15, 0.2) is 11.5 Å². The third-order valence-electron chi connectivity index (χ3n) is 4.18. The average Bonchev–Trinajstić information content (AvgIpc) is 2.70. The molecule has 0 amide bonds. The Kier molecular flexibility index (Phi) is 6.57. The van der Waals surface area contributed by atoms with Crippen LogP contribution in [0.3, 0.4) is 0 Å². The van der Waals surface area contributed by atoms with E-state index in [0.717, 1.165) is 20.9 Å². The maximum absolute atomic E-state index is 13.7. The van der Waals surface area contributed by atoms with Crippen molar-refractivity contribution in [3.8, 4) is 17.6 Å². The first-order chi connectivity index (χ1) is 13.6. The minimum absolute atomic E-state index is 0.163. The van der Waals surface area contributed by atoms with Crippen molar-refractivity contribution in [3.63, 3.8) is 0 Å². The van der Waals surface area contributed by atoms with Gasteiger partial charge in [-0.05, 0) is 53.9 Å². The van der Waals surface area contributed by atoms with E-state index in [1.165, 1.54) is 23.9 Å². The molecular weight excluding hydrogens is 373 g/mol. The lowest BCUT2D eigenvalue weighted by molar-refractivity contribution is 0.284. The number of halogens is 1. The van der Waals surface area contributed by atoms with Crippen LogP contribution < -0.4 is 9.47 Å². The largest absolute Gasteiger partial charge is 0.493 e. The number of hydrogen-bond donors (Lipinski definition) is 0. The SMILES string of the molecule is COc1cc(Sc2c(C)cc(F)cc2CC#N)ccc1OCc1ccccc1. The van der Waals surface area contributed by atoms with Crippen molar-refractivity contribution >= 4 is 11.8 Å². The summed E-state index contributed by atoms with van der Waals surface area (Å²) < 4.78 is 25.1. The highest BCUT2D eigenvalue weighted by Gasteiger charge is 2.13. The molecule has 0 fully saturated rings. The Morgan fingerprint density at radius 3 is 2.54 bits per heavy atom. The molecule has 0 aliphatic rings. The second kappa shape index (κ2) is 9.29. The second-order valence-electron chi connectivity index (χ2n) is 6.23. The molecule has 0 aliphatic carbocycles. The van der Waals surface area contributed by atoms with Gasteiger partial charge in [0.25, 0.3) is 0 Å². The van der Waals surface area contributed by atoms with Gasteiger partial charge < -0.3 is 9.47 Å². The highest BCUT2D eigenvalue weighted by Crippen LogP contribution is 2.38. The van der Waals surface area contributed by atoms with Gasteiger partial charge in [-0.2, -0.15) is 5.26 Å². The molecule has 0 saturated heterocycles. The summed E-state index contributed by atoms with van der Waals surface area (Å²) in [4.78, 5) is 1.82. The van der Waals surface area contributed by atoms with Crippen molar-refractivity contribution in [1.29, 1.82) is 5.26 Å². The summed E-state index contributed by atoms with van der Waals surface area (Å²) in [5.41, 5.74) is 2.57. The standard InChI is InChI=1S/C23H20FNO2S/c1-16-12-19(24)13-18(10-11-25)23(16)28-20-8-9-21(22(14-20)26-2)27-15-17-6-4-3-5-7-17/h3-9,12-14H,10,15H2,1-2H3. The molecule has 3 rings (SSSR count). The molecule has 0 bridgehead atoms. The molecule has 28 heavy (non-hydrogen) atoms. The van der Waals surface area contributed by atoms with Gasteiger partial charge in [-0.15, -0.1) is 0 Å². The van der Waals surface area contributed by atoms with Gasteiger partial charge in [-0.3, -0.25) is 0 Å².